The highest BCUT2D eigenvalue weighted by molar-refractivity contribution is 5.25. The number of benzene rings is 1. The molecule has 1 aromatic carbocycles. The normalized spacial score (nSPS) is 26.2. The van der Waals surface area contributed by atoms with Crippen LogP contribution in [0, 0.1) is 5.92 Å². The van der Waals surface area contributed by atoms with E-state index >= 15 is 0 Å². The number of nitrogens with zero attached hydrogens (tertiary/aromatic N) is 1. The monoisotopic (exact) mass is 286 g/mol. The molecule has 1 saturated carbocycles. The molecule has 0 bridgehead atoms. The third kappa shape index (κ3) is 3.67. The highest BCUT2D eigenvalue weighted by atomic mass is 15.3. The summed E-state index contributed by atoms with van der Waals surface area (Å²) in [6.07, 6.45) is 2.85. The van der Waals surface area contributed by atoms with Gasteiger partial charge in [-0.2, -0.15) is 0 Å². The van der Waals surface area contributed by atoms with E-state index in [1.807, 2.05) is 0 Å². The van der Waals surface area contributed by atoms with Crippen LogP contribution in [0.3, 0.4) is 0 Å². The predicted octanol–water partition coefficient (Wildman–Crippen LogP) is 3.77. The molecule has 1 aromatic rings. The van der Waals surface area contributed by atoms with Crippen molar-refractivity contribution in [3.63, 3.8) is 0 Å². The van der Waals surface area contributed by atoms with E-state index in [0.29, 0.717) is 5.92 Å². The molecule has 116 valence electrons. The average Bonchev–Trinajstić information content (AvgIpc) is 3.23. The summed E-state index contributed by atoms with van der Waals surface area (Å²) in [5, 5.41) is 3.73. The highest BCUT2D eigenvalue weighted by Gasteiger charge is 2.40. The van der Waals surface area contributed by atoms with E-state index in [9.17, 15) is 0 Å². The van der Waals surface area contributed by atoms with E-state index in [1.165, 1.54) is 24.0 Å². The fourth-order valence-electron chi connectivity index (χ4n) is 3.55. The lowest BCUT2D eigenvalue weighted by atomic mass is 9.95. The van der Waals surface area contributed by atoms with Gasteiger partial charge < -0.3 is 5.32 Å². The summed E-state index contributed by atoms with van der Waals surface area (Å²) < 4.78 is 0. The molecule has 2 aliphatic rings. The number of hydrogen-bond acceptors (Lipinski definition) is 2. The summed E-state index contributed by atoms with van der Waals surface area (Å²) in [4.78, 5) is 2.72. The van der Waals surface area contributed by atoms with Crippen LogP contribution in [0.2, 0.25) is 0 Å². The van der Waals surface area contributed by atoms with Gasteiger partial charge in [0, 0.05) is 31.2 Å². The summed E-state index contributed by atoms with van der Waals surface area (Å²) in [7, 11) is 0. The lowest BCUT2D eigenvalue weighted by molar-refractivity contribution is 0.0759. The topological polar surface area (TPSA) is 15.3 Å². The second-order valence-electron chi connectivity index (χ2n) is 7.97. The second kappa shape index (κ2) is 5.73. The molecule has 0 radical (unpaired) electrons. The van der Waals surface area contributed by atoms with Crippen molar-refractivity contribution in [2.75, 3.05) is 13.1 Å². The average molecular weight is 286 g/mol. The van der Waals surface area contributed by atoms with E-state index < -0.39 is 0 Å². The molecule has 1 N–H and O–H groups in total. The molecule has 2 heteroatoms. The molecule has 21 heavy (non-hydrogen) atoms. The van der Waals surface area contributed by atoms with Crippen molar-refractivity contribution in [1.29, 1.82) is 0 Å². The van der Waals surface area contributed by atoms with Crippen molar-refractivity contribution < 1.29 is 0 Å². The molecule has 1 heterocycles. The van der Waals surface area contributed by atoms with Crippen LogP contribution >= 0.6 is 0 Å². The van der Waals surface area contributed by atoms with Crippen molar-refractivity contribution in [3.05, 3.63) is 35.4 Å². The van der Waals surface area contributed by atoms with Gasteiger partial charge in [-0.25, -0.2) is 0 Å². The van der Waals surface area contributed by atoms with Crippen LogP contribution in [0.5, 0.6) is 0 Å². The quantitative estimate of drug-likeness (QED) is 0.906. The van der Waals surface area contributed by atoms with E-state index in [1.54, 1.807) is 0 Å². The minimum atomic E-state index is 0.239. The molecule has 3 rings (SSSR count). The molecule has 0 aromatic heterocycles. The Morgan fingerprint density at radius 3 is 2.43 bits per heavy atom. The van der Waals surface area contributed by atoms with Crippen LogP contribution < -0.4 is 5.32 Å². The molecule has 0 spiro atoms. The molecule has 1 saturated heterocycles. The third-order valence-electron chi connectivity index (χ3n) is 5.06. The molecule has 0 amide bonds. The van der Waals surface area contributed by atoms with Crippen LogP contribution in [-0.2, 0) is 6.54 Å². The fraction of sp³-hybridized carbons (Fsp3) is 0.684. The SMILES string of the molecule is CC(C)c1ccc(CN2CC(C)(C)NCC2C2CC2)cc1. The maximum Gasteiger partial charge on any atom is 0.0253 e. The van der Waals surface area contributed by atoms with Crippen LogP contribution in [-0.4, -0.2) is 29.6 Å². The Bertz CT molecular complexity index is 471. The zero-order valence-corrected chi connectivity index (χ0v) is 14.0. The Morgan fingerprint density at radius 1 is 1.19 bits per heavy atom. The molecular weight excluding hydrogens is 256 g/mol. The lowest BCUT2D eigenvalue weighted by Gasteiger charge is -2.45. The van der Waals surface area contributed by atoms with Gasteiger partial charge in [-0.05, 0) is 49.7 Å². The molecule has 1 unspecified atom stereocenters. The Morgan fingerprint density at radius 2 is 1.86 bits per heavy atom. The minimum absolute atomic E-state index is 0.239. The summed E-state index contributed by atoms with van der Waals surface area (Å²) in [6.45, 7) is 12.6. The molecular formula is C19H30N2. The van der Waals surface area contributed by atoms with Gasteiger partial charge in [0.1, 0.15) is 0 Å². The molecule has 1 atom stereocenters. The smallest absolute Gasteiger partial charge is 0.0253 e. The molecule has 2 nitrogen and oxygen atoms in total. The van der Waals surface area contributed by atoms with Crippen LogP contribution in [0.25, 0.3) is 0 Å². The second-order valence-corrected chi connectivity index (χ2v) is 7.97. The molecule has 1 aliphatic heterocycles. The number of nitrogens with one attached hydrogen (secondary N) is 1. The first kappa shape index (κ1) is 15.1. The summed E-state index contributed by atoms with van der Waals surface area (Å²) in [6, 6.07) is 10.0. The fourth-order valence-corrected chi connectivity index (χ4v) is 3.55. The van der Waals surface area contributed by atoms with Crippen LogP contribution in [0.15, 0.2) is 24.3 Å². The summed E-state index contributed by atoms with van der Waals surface area (Å²) in [5.74, 6) is 1.56. The Hall–Kier alpha value is -0.860. The largest absolute Gasteiger partial charge is 0.309 e. The Balaban J connectivity index is 1.70. The number of hydrogen-bond donors (Lipinski definition) is 1. The van der Waals surface area contributed by atoms with Gasteiger partial charge in [0.25, 0.3) is 0 Å². The first-order valence-corrected chi connectivity index (χ1v) is 8.52. The predicted molar refractivity (Wildman–Crippen MR) is 89.5 cm³/mol. The number of piperazine rings is 1. The van der Waals surface area contributed by atoms with Gasteiger partial charge in [0.15, 0.2) is 0 Å². The molecule has 1 aliphatic carbocycles. The van der Waals surface area contributed by atoms with E-state index in [0.717, 1.165) is 31.6 Å². The van der Waals surface area contributed by atoms with Gasteiger partial charge in [0.05, 0.1) is 0 Å². The van der Waals surface area contributed by atoms with Crippen molar-refractivity contribution in [2.45, 2.75) is 64.6 Å². The van der Waals surface area contributed by atoms with Crippen molar-refractivity contribution in [2.24, 2.45) is 5.92 Å². The van der Waals surface area contributed by atoms with Crippen LogP contribution in [0.1, 0.15) is 57.6 Å². The van der Waals surface area contributed by atoms with Gasteiger partial charge in [-0.15, -0.1) is 0 Å². The van der Waals surface area contributed by atoms with E-state index in [4.69, 9.17) is 0 Å². The van der Waals surface area contributed by atoms with Crippen LogP contribution in [0.4, 0.5) is 0 Å². The van der Waals surface area contributed by atoms with E-state index in [-0.39, 0.29) is 5.54 Å². The Labute approximate surface area is 129 Å². The van der Waals surface area contributed by atoms with Gasteiger partial charge in [-0.1, -0.05) is 38.1 Å². The summed E-state index contributed by atoms with van der Waals surface area (Å²) >= 11 is 0. The molecule has 2 fully saturated rings. The van der Waals surface area contributed by atoms with Crippen molar-refractivity contribution >= 4 is 0 Å². The maximum atomic E-state index is 3.73. The Kier molecular flexibility index (Phi) is 4.11. The first-order chi connectivity index (χ1) is 9.94. The number of rotatable bonds is 4. The maximum absolute atomic E-state index is 3.73. The minimum Gasteiger partial charge on any atom is -0.309 e. The van der Waals surface area contributed by atoms with Gasteiger partial charge in [0.2, 0.25) is 0 Å². The van der Waals surface area contributed by atoms with Crippen molar-refractivity contribution in [3.8, 4) is 0 Å². The van der Waals surface area contributed by atoms with Gasteiger partial charge >= 0.3 is 0 Å². The third-order valence-corrected chi connectivity index (χ3v) is 5.06. The van der Waals surface area contributed by atoms with Crippen molar-refractivity contribution in [1.82, 2.24) is 10.2 Å². The first-order valence-electron chi connectivity index (χ1n) is 8.52. The zero-order valence-electron chi connectivity index (χ0n) is 14.0. The highest BCUT2D eigenvalue weighted by Crippen LogP contribution is 2.37. The standard InChI is InChI=1S/C19H30N2/c1-14(2)16-7-5-15(6-8-16)12-21-13-19(3,4)20-11-18(21)17-9-10-17/h5-8,14,17-18,20H,9-13H2,1-4H3. The van der Waals surface area contributed by atoms with E-state index in [2.05, 4.69) is 62.2 Å². The summed E-state index contributed by atoms with van der Waals surface area (Å²) in [5.41, 5.74) is 3.14. The lowest BCUT2D eigenvalue weighted by Crippen LogP contribution is -2.61. The zero-order chi connectivity index (χ0) is 15.0. The van der Waals surface area contributed by atoms with Gasteiger partial charge in [-0.3, -0.25) is 4.90 Å².